The van der Waals surface area contributed by atoms with E-state index in [2.05, 4.69) is 15.3 Å². The van der Waals surface area contributed by atoms with Crippen molar-refractivity contribution in [2.24, 2.45) is 0 Å². The number of carboxylic acids is 1. The van der Waals surface area contributed by atoms with E-state index >= 15 is 0 Å². The molecule has 116 valence electrons. The maximum Gasteiger partial charge on any atom is 0.356 e. The highest BCUT2D eigenvalue weighted by atomic mass is 35.5. The van der Waals surface area contributed by atoms with Crippen LogP contribution in [-0.2, 0) is 4.74 Å². The summed E-state index contributed by atoms with van der Waals surface area (Å²) in [5, 5.41) is 12.6. The maximum absolute atomic E-state index is 10.7. The number of carboxylic acid groups (broad SMARTS) is 1. The molecule has 1 aromatic heterocycles. The number of hydrogen-bond acceptors (Lipinski definition) is 5. The average Bonchev–Trinajstić information content (AvgIpc) is 2.53. The number of nitrogens with one attached hydrogen (secondary N) is 1. The summed E-state index contributed by atoms with van der Waals surface area (Å²) in [5.74, 6) is -0.472. The minimum absolute atomic E-state index is 0.0864. The van der Waals surface area contributed by atoms with E-state index in [-0.39, 0.29) is 11.6 Å². The molecule has 0 spiro atoms. The Hall–Kier alpha value is -2.18. The van der Waals surface area contributed by atoms with Crippen molar-refractivity contribution in [2.75, 3.05) is 25.6 Å². The summed E-state index contributed by atoms with van der Waals surface area (Å²) in [7, 11) is 1.64. The Bertz CT molecular complexity index is 617. The lowest BCUT2D eigenvalue weighted by molar-refractivity contribution is 0.0690. The molecule has 1 unspecified atom stereocenters. The fourth-order valence-corrected chi connectivity index (χ4v) is 2.09. The lowest BCUT2D eigenvalue weighted by Gasteiger charge is -2.17. The number of rotatable bonds is 7. The second-order valence-electron chi connectivity index (χ2n) is 4.68. The minimum atomic E-state index is -1.10. The Morgan fingerprint density at radius 2 is 2.05 bits per heavy atom. The van der Waals surface area contributed by atoms with Crippen LogP contribution in [0.1, 0.15) is 22.0 Å². The molecule has 0 aliphatic carbocycles. The van der Waals surface area contributed by atoms with Gasteiger partial charge in [0.25, 0.3) is 0 Å². The lowest BCUT2D eigenvalue weighted by Crippen LogP contribution is -2.18. The molecule has 0 fully saturated rings. The van der Waals surface area contributed by atoms with Crippen molar-refractivity contribution < 1.29 is 14.6 Å². The molecule has 0 aliphatic heterocycles. The van der Waals surface area contributed by atoms with Gasteiger partial charge in [-0.05, 0) is 17.7 Å². The Morgan fingerprint density at radius 1 is 1.32 bits per heavy atom. The highest BCUT2D eigenvalue weighted by molar-refractivity contribution is 6.30. The Morgan fingerprint density at radius 3 is 2.59 bits per heavy atom. The second-order valence-corrected chi connectivity index (χ2v) is 5.11. The number of aromatic nitrogens is 2. The van der Waals surface area contributed by atoms with Crippen LogP contribution in [0.25, 0.3) is 0 Å². The SMILES string of the molecule is COCC(CNc1cnc(C(=O)O)cn1)c1ccc(Cl)cc1. The van der Waals surface area contributed by atoms with Crippen LogP contribution >= 0.6 is 11.6 Å². The standard InChI is InChI=1S/C15H16ClN3O3/c1-22-9-11(10-2-4-12(16)5-3-10)6-18-14-8-17-13(7-19-14)15(20)21/h2-5,7-8,11H,6,9H2,1H3,(H,18,19)(H,20,21). The van der Waals surface area contributed by atoms with Crippen LogP contribution in [-0.4, -0.2) is 41.3 Å². The van der Waals surface area contributed by atoms with E-state index in [1.807, 2.05) is 24.3 Å². The summed E-state index contributed by atoms with van der Waals surface area (Å²) >= 11 is 5.89. The van der Waals surface area contributed by atoms with Gasteiger partial charge >= 0.3 is 5.97 Å². The number of carbonyl (C=O) groups is 1. The average molecular weight is 322 g/mol. The van der Waals surface area contributed by atoms with Crippen molar-refractivity contribution in [3.05, 3.63) is 52.9 Å². The van der Waals surface area contributed by atoms with Crippen molar-refractivity contribution >= 4 is 23.4 Å². The van der Waals surface area contributed by atoms with Gasteiger partial charge in [0.2, 0.25) is 0 Å². The third kappa shape index (κ3) is 4.41. The number of methoxy groups -OCH3 is 1. The summed E-state index contributed by atoms with van der Waals surface area (Å²) in [6.07, 6.45) is 2.62. The zero-order chi connectivity index (χ0) is 15.9. The van der Waals surface area contributed by atoms with E-state index in [1.165, 1.54) is 12.4 Å². The summed E-state index contributed by atoms with van der Waals surface area (Å²) in [6, 6.07) is 7.57. The van der Waals surface area contributed by atoms with E-state index in [0.29, 0.717) is 24.0 Å². The first-order chi connectivity index (χ1) is 10.6. The number of ether oxygens (including phenoxy) is 1. The Balaban J connectivity index is 2.02. The van der Waals surface area contributed by atoms with E-state index in [4.69, 9.17) is 21.4 Å². The monoisotopic (exact) mass is 321 g/mol. The molecule has 0 bridgehead atoms. The molecule has 2 rings (SSSR count). The predicted octanol–water partition coefficient (Wildman–Crippen LogP) is 2.67. The van der Waals surface area contributed by atoms with Crippen LogP contribution in [0.3, 0.4) is 0 Å². The fourth-order valence-electron chi connectivity index (χ4n) is 1.97. The molecule has 1 heterocycles. The van der Waals surface area contributed by atoms with E-state index in [0.717, 1.165) is 5.56 Å². The first-order valence-corrected chi connectivity index (χ1v) is 7.01. The van der Waals surface area contributed by atoms with Crippen molar-refractivity contribution in [1.29, 1.82) is 0 Å². The third-order valence-corrected chi connectivity index (χ3v) is 3.36. The molecule has 0 saturated carbocycles. The molecule has 1 aromatic carbocycles. The fraction of sp³-hybridized carbons (Fsp3) is 0.267. The van der Waals surface area contributed by atoms with Gasteiger partial charge in [0.15, 0.2) is 5.69 Å². The van der Waals surface area contributed by atoms with Crippen molar-refractivity contribution in [3.63, 3.8) is 0 Å². The molecule has 7 heteroatoms. The molecular weight excluding hydrogens is 306 g/mol. The van der Waals surface area contributed by atoms with Gasteiger partial charge in [-0.15, -0.1) is 0 Å². The summed E-state index contributed by atoms with van der Waals surface area (Å²) in [4.78, 5) is 18.6. The number of nitrogens with zero attached hydrogens (tertiary/aromatic N) is 2. The topological polar surface area (TPSA) is 84.3 Å². The molecule has 0 saturated heterocycles. The normalized spacial score (nSPS) is 11.9. The molecule has 22 heavy (non-hydrogen) atoms. The Labute approximate surface area is 133 Å². The number of aromatic carboxylic acids is 1. The zero-order valence-electron chi connectivity index (χ0n) is 12.0. The first-order valence-electron chi connectivity index (χ1n) is 6.63. The van der Waals surface area contributed by atoms with Crippen molar-refractivity contribution in [3.8, 4) is 0 Å². The molecular formula is C15H16ClN3O3. The van der Waals surface area contributed by atoms with Gasteiger partial charge in [0, 0.05) is 24.6 Å². The Kier molecular flexibility index (Phi) is 5.68. The summed E-state index contributed by atoms with van der Waals surface area (Å²) in [5.41, 5.74) is 1.01. The van der Waals surface area contributed by atoms with Gasteiger partial charge in [-0.2, -0.15) is 0 Å². The van der Waals surface area contributed by atoms with Crippen LogP contribution < -0.4 is 5.32 Å². The van der Waals surface area contributed by atoms with Gasteiger partial charge in [0.05, 0.1) is 19.0 Å². The van der Waals surface area contributed by atoms with Crippen LogP contribution in [0.5, 0.6) is 0 Å². The number of benzene rings is 1. The predicted molar refractivity (Wildman–Crippen MR) is 83.6 cm³/mol. The quantitative estimate of drug-likeness (QED) is 0.815. The molecule has 2 aromatic rings. The number of halogens is 1. The minimum Gasteiger partial charge on any atom is -0.476 e. The van der Waals surface area contributed by atoms with Crippen molar-refractivity contribution in [1.82, 2.24) is 9.97 Å². The maximum atomic E-state index is 10.7. The van der Waals surface area contributed by atoms with Crippen LogP contribution in [0.4, 0.5) is 5.82 Å². The van der Waals surface area contributed by atoms with E-state index in [1.54, 1.807) is 7.11 Å². The van der Waals surface area contributed by atoms with Crippen LogP contribution in [0.15, 0.2) is 36.7 Å². The summed E-state index contributed by atoms with van der Waals surface area (Å²) < 4.78 is 5.24. The largest absolute Gasteiger partial charge is 0.476 e. The second kappa shape index (κ2) is 7.72. The first kappa shape index (κ1) is 16.2. The summed E-state index contributed by atoms with van der Waals surface area (Å²) in [6.45, 7) is 1.12. The van der Waals surface area contributed by atoms with Crippen LogP contribution in [0, 0.1) is 0 Å². The highest BCUT2D eigenvalue weighted by Gasteiger charge is 2.12. The molecule has 2 N–H and O–H groups in total. The molecule has 0 amide bonds. The number of hydrogen-bond donors (Lipinski definition) is 2. The van der Waals surface area contributed by atoms with Crippen molar-refractivity contribution in [2.45, 2.75) is 5.92 Å². The van der Waals surface area contributed by atoms with E-state index < -0.39 is 5.97 Å². The molecule has 1 atom stereocenters. The van der Waals surface area contributed by atoms with E-state index in [9.17, 15) is 4.79 Å². The van der Waals surface area contributed by atoms with Gasteiger partial charge < -0.3 is 15.2 Å². The van der Waals surface area contributed by atoms with Gasteiger partial charge in [0.1, 0.15) is 5.82 Å². The van der Waals surface area contributed by atoms with Crippen LogP contribution in [0.2, 0.25) is 5.02 Å². The molecule has 6 nitrogen and oxygen atoms in total. The van der Waals surface area contributed by atoms with Gasteiger partial charge in [-0.1, -0.05) is 23.7 Å². The highest BCUT2D eigenvalue weighted by Crippen LogP contribution is 2.19. The third-order valence-electron chi connectivity index (χ3n) is 3.11. The number of anilines is 1. The lowest BCUT2D eigenvalue weighted by atomic mass is 10.00. The molecule has 0 aliphatic rings. The van der Waals surface area contributed by atoms with Gasteiger partial charge in [-0.25, -0.2) is 14.8 Å². The molecule has 0 radical (unpaired) electrons. The zero-order valence-corrected chi connectivity index (χ0v) is 12.7. The van der Waals surface area contributed by atoms with Gasteiger partial charge in [-0.3, -0.25) is 0 Å². The smallest absolute Gasteiger partial charge is 0.356 e.